The molecule has 4 aliphatic rings. The zero-order valence-electron chi connectivity index (χ0n) is 16.7. The molecule has 27 heavy (non-hydrogen) atoms. The molecule has 0 aromatic carbocycles. The average molecular weight is 375 g/mol. The number of amides is 3. The molecule has 0 radical (unpaired) electrons. The summed E-state index contributed by atoms with van der Waals surface area (Å²) in [5.41, 5.74) is 0. The summed E-state index contributed by atoms with van der Waals surface area (Å²) in [6, 6.07) is 0.786. The first-order valence-corrected chi connectivity index (χ1v) is 11.3. The van der Waals surface area contributed by atoms with E-state index in [0.717, 1.165) is 57.3 Å². The summed E-state index contributed by atoms with van der Waals surface area (Å²) >= 11 is 0. The van der Waals surface area contributed by atoms with Gasteiger partial charge in [0, 0.05) is 25.0 Å². The van der Waals surface area contributed by atoms with E-state index in [2.05, 4.69) is 11.8 Å². The van der Waals surface area contributed by atoms with Crippen LogP contribution in [-0.2, 0) is 14.4 Å². The number of rotatable bonds is 6. The Hall–Kier alpha value is -1.39. The molecule has 1 aliphatic heterocycles. The standard InChI is InChI=1S/C22H34N2O3/c1-2-15-7-9-16(10-8-15)24(17-11-12-17)20(25)13-14-23-21(26)18-5-3-4-6-19(18)22(23)27/h15-19H,2-14H2,1H3. The van der Waals surface area contributed by atoms with Gasteiger partial charge in [0.15, 0.2) is 0 Å². The molecule has 4 rings (SSSR count). The van der Waals surface area contributed by atoms with E-state index < -0.39 is 0 Å². The normalized spacial score (nSPS) is 33.9. The number of nitrogens with zero attached hydrogens (tertiary/aromatic N) is 2. The zero-order valence-corrected chi connectivity index (χ0v) is 16.7. The van der Waals surface area contributed by atoms with Crippen LogP contribution in [0.15, 0.2) is 0 Å². The molecule has 2 atom stereocenters. The van der Waals surface area contributed by atoms with Crippen molar-refractivity contribution in [2.24, 2.45) is 17.8 Å². The van der Waals surface area contributed by atoms with Gasteiger partial charge < -0.3 is 4.90 Å². The molecular formula is C22H34N2O3. The molecule has 1 saturated heterocycles. The van der Waals surface area contributed by atoms with Gasteiger partial charge in [0.1, 0.15) is 0 Å². The summed E-state index contributed by atoms with van der Waals surface area (Å²) in [5.74, 6) is 0.738. The fourth-order valence-electron chi connectivity index (χ4n) is 5.68. The molecule has 1 heterocycles. The van der Waals surface area contributed by atoms with E-state index in [4.69, 9.17) is 0 Å². The third kappa shape index (κ3) is 3.79. The molecule has 3 saturated carbocycles. The van der Waals surface area contributed by atoms with Crippen LogP contribution >= 0.6 is 0 Å². The van der Waals surface area contributed by atoms with Crippen LogP contribution in [-0.4, -0.2) is 46.1 Å². The number of fused-ring (bicyclic) bond motifs is 1. The Morgan fingerprint density at radius 2 is 1.41 bits per heavy atom. The van der Waals surface area contributed by atoms with Crippen LogP contribution in [0, 0.1) is 17.8 Å². The van der Waals surface area contributed by atoms with E-state index in [1.54, 1.807) is 0 Å². The number of likely N-dealkylation sites (tertiary alicyclic amines) is 1. The lowest BCUT2D eigenvalue weighted by atomic mass is 9.81. The molecule has 0 spiro atoms. The Kier molecular flexibility index (Phi) is 5.56. The van der Waals surface area contributed by atoms with Crippen LogP contribution in [0.4, 0.5) is 0 Å². The Labute approximate surface area is 162 Å². The van der Waals surface area contributed by atoms with Gasteiger partial charge in [-0.25, -0.2) is 0 Å². The van der Waals surface area contributed by atoms with Crippen LogP contribution in [0.5, 0.6) is 0 Å². The van der Waals surface area contributed by atoms with Crippen LogP contribution in [0.2, 0.25) is 0 Å². The fourth-order valence-corrected chi connectivity index (χ4v) is 5.68. The predicted molar refractivity (Wildman–Crippen MR) is 103 cm³/mol. The van der Waals surface area contributed by atoms with Gasteiger partial charge >= 0.3 is 0 Å². The van der Waals surface area contributed by atoms with Gasteiger partial charge in [-0.1, -0.05) is 26.2 Å². The highest BCUT2D eigenvalue weighted by molar-refractivity contribution is 6.05. The SMILES string of the molecule is CCC1CCC(N(C(=O)CCN2C(=O)C3CCCCC3C2=O)C2CC2)CC1. The minimum Gasteiger partial charge on any atom is -0.337 e. The lowest BCUT2D eigenvalue weighted by Crippen LogP contribution is -2.45. The van der Waals surface area contributed by atoms with Crippen LogP contribution in [0.25, 0.3) is 0 Å². The Bertz CT molecular complexity index is 568. The van der Waals surface area contributed by atoms with E-state index in [9.17, 15) is 14.4 Å². The Morgan fingerprint density at radius 1 is 0.889 bits per heavy atom. The summed E-state index contributed by atoms with van der Waals surface area (Å²) in [4.78, 5) is 41.9. The van der Waals surface area contributed by atoms with Crippen molar-refractivity contribution < 1.29 is 14.4 Å². The van der Waals surface area contributed by atoms with Crippen molar-refractivity contribution in [2.45, 2.75) is 96.1 Å². The van der Waals surface area contributed by atoms with Crippen molar-refractivity contribution in [1.29, 1.82) is 0 Å². The average Bonchev–Trinajstić information content (AvgIpc) is 3.49. The van der Waals surface area contributed by atoms with E-state index in [1.807, 2.05) is 0 Å². The second-order valence-corrected chi connectivity index (χ2v) is 9.19. The Morgan fingerprint density at radius 3 is 1.89 bits per heavy atom. The molecule has 0 aromatic heterocycles. The fraction of sp³-hybridized carbons (Fsp3) is 0.864. The van der Waals surface area contributed by atoms with Gasteiger partial charge in [0.25, 0.3) is 0 Å². The highest BCUT2D eigenvalue weighted by atomic mass is 16.2. The van der Waals surface area contributed by atoms with Crippen LogP contribution in [0.1, 0.15) is 84.0 Å². The largest absolute Gasteiger partial charge is 0.337 e. The zero-order chi connectivity index (χ0) is 19.0. The highest BCUT2D eigenvalue weighted by Gasteiger charge is 2.48. The lowest BCUT2D eigenvalue weighted by Gasteiger charge is -2.37. The number of imide groups is 1. The van der Waals surface area contributed by atoms with E-state index in [-0.39, 0.29) is 36.1 Å². The molecule has 4 fully saturated rings. The highest BCUT2D eigenvalue weighted by Crippen LogP contribution is 2.39. The second-order valence-electron chi connectivity index (χ2n) is 9.19. The third-order valence-electron chi connectivity index (χ3n) is 7.50. The van der Waals surface area contributed by atoms with Crippen molar-refractivity contribution in [3.05, 3.63) is 0 Å². The van der Waals surface area contributed by atoms with Crippen LogP contribution in [0.3, 0.4) is 0 Å². The molecule has 2 unspecified atom stereocenters. The van der Waals surface area contributed by atoms with Crippen LogP contribution < -0.4 is 0 Å². The maximum Gasteiger partial charge on any atom is 0.233 e. The molecule has 5 nitrogen and oxygen atoms in total. The predicted octanol–water partition coefficient (Wildman–Crippen LogP) is 3.51. The molecule has 0 N–H and O–H groups in total. The number of hydrogen-bond acceptors (Lipinski definition) is 3. The van der Waals surface area contributed by atoms with Gasteiger partial charge in [-0.2, -0.15) is 0 Å². The topological polar surface area (TPSA) is 57.7 Å². The first kappa shape index (κ1) is 18.9. The quantitative estimate of drug-likeness (QED) is 0.669. The van der Waals surface area contributed by atoms with Gasteiger partial charge in [-0.3, -0.25) is 19.3 Å². The minimum atomic E-state index is -0.106. The van der Waals surface area contributed by atoms with Crippen molar-refractivity contribution >= 4 is 17.7 Å². The summed E-state index contributed by atoms with van der Waals surface area (Å²) in [6.07, 6.45) is 12.2. The van der Waals surface area contributed by atoms with Crippen molar-refractivity contribution in [3.8, 4) is 0 Å². The molecule has 0 bridgehead atoms. The molecule has 3 aliphatic carbocycles. The van der Waals surface area contributed by atoms with E-state index >= 15 is 0 Å². The maximum absolute atomic E-state index is 13.0. The molecule has 0 aromatic rings. The Balaban J connectivity index is 1.35. The molecule has 5 heteroatoms. The summed E-state index contributed by atoms with van der Waals surface area (Å²) in [5, 5.41) is 0. The molecule has 150 valence electrons. The summed E-state index contributed by atoms with van der Waals surface area (Å²) in [7, 11) is 0. The number of hydrogen-bond donors (Lipinski definition) is 0. The van der Waals surface area contributed by atoms with Crippen molar-refractivity contribution in [2.75, 3.05) is 6.54 Å². The van der Waals surface area contributed by atoms with Gasteiger partial charge in [0.05, 0.1) is 11.8 Å². The number of carbonyl (C=O) groups is 3. The van der Waals surface area contributed by atoms with Gasteiger partial charge in [0.2, 0.25) is 17.7 Å². The van der Waals surface area contributed by atoms with E-state index in [1.165, 1.54) is 24.2 Å². The molecule has 3 amide bonds. The van der Waals surface area contributed by atoms with E-state index in [0.29, 0.717) is 18.5 Å². The van der Waals surface area contributed by atoms with Gasteiger partial charge in [-0.05, 0) is 57.3 Å². The van der Waals surface area contributed by atoms with Crippen molar-refractivity contribution in [1.82, 2.24) is 9.80 Å². The first-order valence-electron chi connectivity index (χ1n) is 11.3. The third-order valence-corrected chi connectivity index (χ3v) is 7.50. The smallest absolute Gasteiger partial charge is 0.233 e. The summed E-state index contributed by atoms with van der Waals surface area (Å²) < 4.78 is 0. The second kappa shape index (κ2) is 7.92. The summed E-state index contributed by atoms with van der Waals surface area (Å²) in [6.45, 7) is 2.55. The monoisotopic (exact) mass is 374 g/mol. The number of carbonyl (C=O) groups excluding carboxylic acids is 3. The first-order chi connectivity index (χ1) is 13.1. The maximum atomic E-state index is 13.0. The molecular weight excluding hydrogens is 340 g/mol. The van der Waals surface area contributed by atoms with Crippen molar-refractivity contribution in [3.63, 3.8) is 0 Å². The van der Waals surface area contributed by atoms with Gasteiger partial charge in [-0.15, -0.1) is 0 Å². The minimum absolute atomic E-state index is 0.0149. The lowest BCUT2D eigenvalue weighted by molar-refractivity contribution is -0.141.